The lowest BCUT2D eigenvalue weighted by Crippen LogP contribution is -1.99. The average Bonchev–Trinajstić information content (AvgIpc) is 2.61. The van der Waals surface area contributed by atoms with Gasteiger partial charge in [0.15, 0.2) is 0 Å². The van der Waals surface area contributed by atoms with Crippen LogP contribution in [0.1, 0.15) is 12.5 Å². The molecule has 0 radical (unpaired) electrons. The molecule has 1 N–H and O–H groups in total. The molecule has 0 aliphatic carbocycles. The third-order valence-electron chi connectivity index (χ3n) is 3.74. The Morgan fingerprint density at radius 1 is 0.917 bits per heavy atom. The van der Waals surface area contributed by atoms with Crippen LogP contribution < -0.4 is 10.2 Å². The maximum absolute atomic E-state index is 6.01. The summed E-state index contributed by atoms with van der Waals surface area (Å²) in [5.41, 5.74) is 5.70. The van der Waals surface area contributed by atoms with Crippen LogP contribution in [0.25, 0.3) is 10.8 Å². The van der Waals surface area contributed by atoms with Crippen LogP contribution in [-0.2, 0) is 0 Å². The highest BCUT2D eigenvalue weighted by Gasteiger charge is 2.03. The van der Waals surface area contributed by atoms with E-state index in [1.807, 2.05) is 37.3 Å². The second-order valence-corrected chi connectivity index (χ2v) is 6.18. The lowest BCUT2D eigenvalue weighted by Gasteiger charge is -2.07. The quantitative estimate of drug-likeness (QED) is 0.458. The summed E-state index contributed by atoms with van der Waals surface area (Å²) >= 11 is 11.9. The van der Waals surface area contributed by atoms with Gasteiger partial charge in [0.05, 0.1) is 28.6 Å². The highest BCUT2D eigenvalue weighted by atomic mass is 35.5. The summed E-state index contributed by atoms with van der Waals surface area (Å²) in [5, 5.41) is 7.70. The zero-order valence-electron chi connectivity index (χ0n) is 13.3. The Balaban J connectivity index is 1.84. The summed E-state index contributed by atoms with van der Waals surface area (Å²) < 4.78 is 5.25. The number of hydrazone groups is 1. The first-order valence-electron chi connectivity index (χ1n) is 7.40. The number of rotatable bonds is 4. The van der Waals surface area contributed by atoms with Crippen molar-refractivity contribution in [3.8, 4) is 5.75 Å². The molecule has 0 atom stereocenters. The van der Waals surface area contributed by atoms with Gasteiger partial charge in [-0.25, -0.2) is 0 Å². The molecule has 3 aromatic carbocycles. The summed E-state index contributed by atoms with van der Waals surface area (Å²) in [6, 6.07) is 17.5. The number of hydrogen-bond donors (Lipinski definition) is 1. The number of nitrogens with zero attached hydrogens (tertiary/aromatic N) is 1. The SMILES string of the molecule is COc1ccc2cc(/C(C)=N/Nc3ccc(Cl)c(Cl)c3)ccc2c1. The number of halogens is 2. The van der Waals surface area contributed by atoms with Gasteiger partial charge in [-0.05, 0) is 59.7 Å². The molecule has 0 bridgehead atoms. The second-order valence-electron chi connectivity index (χ2n) is 5.37. The van der Waals surface area contributed by atoms with Crippen LogP contribution in [0.2, 0.25) is 10.0 Å². The van der Waals surface area contributed by atoms with Gasteiger partial charge < -0.3 is 4.74 Å². The fourth-order valence-corrected chi connectivity index (χ4v) is 2.65. The van der Waals surface area contributed by atoms with Gasteiger partial charge in [-0.1, -0.05) is 41.4 Å². The molecule has 0 saturated heterocycles. The smallest absolute Gasteiger partial charge is 0.119 e. The van der Waals surface area contributed by atoms with E-state index in [1.54, 1.807) is 19.2 Å². The van der Waals surface area contributed by atoms with E-state index < -0.39 is 0 Å². The molecule has 0 heterocycles. The van der Waals surface area contributed by atoms with Crippen LogP contribution in [0.4, 0.5) is 5.69 Å². The van der Waals surface area contributed by atoms with Crippen molar-refractivity contribution < 1.29 is 4.74 Å². The second kappa shape index (κ2) is 7.12. The van der Waals surface area contributed by atoms with E-state index in [0.717, 1.165) is 33.5 Å². The van der Waals surface area contributed by atoms with Crippen molar-refractivity contribution in [2.24, 2.45) is 5.10 Å². The molecular formula is C19H16Cl2N2O. The van der Waals surface area contributed by atoms with Crippen LogP contribution in [0.15, 0.2) is 59.7 Å². The topological polar surface area (TPSA) is 33.6 Å². The molecule has 122 valence electrons. The van der Waals surface area contributed by atoms with Crippen LogP contribution >= 0.6 is 23.2 Å². The lowest BCUT2D eigenvalue weighted by atomic mass is 10.0. The summed E-state index contributed by atoms with van der Waals surface area (Å²) in [6.07, 6.45) is 0. The Kier molecular flexibility index (Phi) is 4.93. The summed E-state index contributed by atoms with van der Waals surface area (Å²) in [4.78, 5) is 0. The third kappa shape index (κ3) is 3.64. The monoisotopic (exact) mass is 358 g/mol. The molecule has 0 aromatic heterocycles. The predicted molar refractivity (Wildman–Crippen MR) is 103 cm³/mol. The average molecular weight is 359 g/mol. The minimum absolute atomic E-state index is 0.495. The molecule has 0 spiro atoms. The number of ether oxygens (including phenoxy) is 1. The Hall–Kier alpha value is -2.23. The molecule has 0 fully saturated rings. The first-order valence-corrected chi connectivity index (χ1v) is 8.16. The number of anilines is 1. The normalized spacial score (nSPS) is 11.6. The van der Waals surface area contributed by atoms with Crippen molar-refractivity contribution in [1.29, 1.82) is 0 Å². The molecule has 3 aromatic rings. The lowest BCUT2D eigenvalue weighted by molar-refractivity contribution is 0.415. The Bertz CT molecular complexity index is 922. The Morgan fingerprint density at radius 3 is 2.42 bits per heavy atom. The minimum atomic E-state index is 0.495. The van der Waals surface area contributed by atoms with Gasteiger partial charge in [0.25, 0.3) is 0 Å². The molecule has 0 amide bonds. The van der Waals surface area contributed by atoms with Gasteiger partial charge in [-0.15, -0.1) is 0 Å². The number of fused-ring (bicyclic) bond motifs is 1. The molecule has 5 heteroatoms. The van der Waals surface area contributed by atoms with E-state index in [0.29, 0.717) is 10.0 Å². The zero-order chi connectivity index (χ0) is 17.1. The van der Waals surface area contributed by atoms with Gasteiger partial charge in [-0.2, -0.15) is 5.10 Å². The molecular weight excluding hydrogens is 343 g/mol. The fourth-order valence-electron chi connectivity index (χ4n) is 2.35. The first kappa shape index (κ1) is 16.6. The summed E-state index contributed by atoms with van der Waals surface area (Å²) in [7, 11) is 1.67. The first-order chi connectivity index (χ1) is 11.6. The van der Waals surface area contributed by atoms with E-state index >= 15 is 0 Å². The maximum atomic E-state index is 6.01. The van der Waals surface area contributed by atoms with E-state index in [4.69, 9.17) is 27.9 Å². The van der Waals surface area contributed by atoms with Crippen LogP contribution in [0, 0.1) is 0 Å². The number of benzene rings is 3. The van der Waals surface area contributed by atoms with Crippen molar-refractivity contribution in [3.05, 3.63) is 70.2 Å². The van der Waals surface area contributed by atoms with E-state index in [9.17, 15) is 0 Å². The van der Waals surface area contributed by atoms with Gasteiger partial charge in [0, 0.05) is 0 Å². The zero-order valence-corrected chi connectivity index (χ0v) is 14.8. The molecule has 0 aliphatic heterocycles. The minimum Gasteiger partial charge on any atom is -0.497 e. The van der Waals surface area contributed by atoms with Crippen molar-refractivity contribution in [2.45, 2.75) is 6.92 Å². The van der Waals surface area contributed by atoms with E-state index in [-0.39, 0.29) is 0 Å². The van der Waals surface area contributed by atoms with Gasteiger partial charge in [0.2, 0.25) is 0 Å². The number of methoxy groups -OCH3 is 1. The number of hydrogen-bond acceptors (Lipinski definition) is 3. The predicted octanol–water partition coefficient (Wildman–Crippen LogP) is 5.99. The van der Waals surface area contributed by atoms with Gasteiger partial charge in [-0.3, -0.25) is 5.43 Å². The standard InChI is InChI=1S/C19H16Cl2N2O/c1-12(22-23-16-6-8-18(20)19(21)11-16)13-3-4-15-10-17(24-2)7-5-14(15)9-13/h3-11,23H,1-2H3/b22-12+. The highest BCUT2D eigenvalue weighted by Crippen LogP contribution is 2.25. The van der Waals surface area contributed by atoms with Crippen LogP contribution in [0.5, 0.6) is 5.75 Å². The Morgan fingerprint density at radius 2 is 1.67 bits per heavy atom. The molecule has 24 heavy (non-hydrogen) atoms. The molecule has 0 aliphatic rings. The van der Waals surface area contributed by atoms with E-state index in [2.05, 4.69) is 22.7 Å². The third-order valence-corrected chi connectivity index (χ3v) is 4.48. The largest absolute Gasteiger partial charge is 0.497 e. The maximum Gasteiger partial charge on any atom is 0.119 e. The summed E-state index contributed by atoms with van der Waals surface area (Å²) in [6.45, 7) is 1.95. The molecule has 0 saturated carbocycles. The summed E-state index contributed by atoms with van der Waals surface area (Å²) in [5.74, 6) is 0.849. The van der Waals surface area contributed by atoms with Crippen LogP contribution in [0.3, 0.4) is 0 Å². The molecule has 3 nitrogen and oxygen atoms in total. The van der Waals surface area contributed by atoms with Crippen molar-refractivity contribution in [1.82, 2.24) is 0 Å². The van der Waals surface area contributed by atoms with Crippen molar-refractivity contribution >= 4 is 45.4 Å². The van der Waals surface area contributed by atoms with Gasteiger partial charge in [0.1, 0.15) is 5.75 Å². The van der Waals surface area contributed by atoms with Crippen LogP contribution in [-0.4, -0.2) is 12.8 Å². The van der Waals surface area contributed by atoms with Crippen molar-refractivity contribution in [2.75, 3.05) is 12.5 Å². The molecule has 3 rings (SSSR count). The molecule has 0 unspecified atom stereocenters. The van der Waals surface area contributed by atoms with Crippen molar-refractivity contribution in [3.63, 3.8) is 0 Å². The van der Waals surface area contributed by atoms with Gasteiger partial charge >= 0.3 is 0 Å². The fraction of sp³-hybridized carbons (Fsp3) is 0.105. The Labute approximate surface area is 150 Å². The number of nitrogens with one attached hydrogen (secondary N) is 1. The van der Waals surface area contributed by atoms with E-state index in [1.165, 1.54) is 0 Å². The highest BCUT2D eigenvalue weighted by molar-refractivity contribution is 6.42.